The second-order valence-electron chi connectivity index (χ2n) is 8.21. The van der Waals surface area contributed by atoms with Gasteiger partial charge in [-0.3, -0.25) is 9.78 Å². The number of nitrogens with one attached hydrogen (secondary N) is 1. The molecule has 1 aromatic carbocycles. The van der Waals surface area contributed by atoms with Crippen molar-refractivity contribution in [2.45, 2.75) is 43.6 Å². The van der Waals surface area contributed by atoms with E-state index >= 15 is 0 Å². The molecule has 1 atom stereocenters. The fourth-order valence-electron chi connectivity index (χ4n) is 5.23. The van der Waals surface area contributed by atoms with Crippen LogP contribution in [0, 0.1) is 17.2 Å². The number of hydrogen-bond donors (Lipinski definition) is 1. The minimum Gasteiger partial charge on any atom is -0.348 e. The van der Waals surface area contributed by atoms with Crippen LogP contribution in [0.3, 0.4) is 0 Å². The van der Waals surface area contributed by atoms with E-state index in [0.29, 0.717) is 11.5 Å². The summed E-state index contributed by atoms with van der Waals surface area (Å²) in [4.78, 5) is 16.6. The first-order valence-electron chi connectivity index (χ1n) is 9.07. The number of pyridine rings is 1. The van der Waals surface area contributed by atoms with Crippen molar-refractivity contribution < 1.29 is 9.18 Å². The van der Waals surface area contributed by atoms with Gasteiger partial charge in [0.05, 0.1) is 5.56 Å². The van der Waals surface area contributed by atoms with Crippen LogP contribution in [0.15, 0.2) is 48.8 Å². The second kappa shape index (κ2) is 5.13. The van der Waals surface area contributed by atoms with E-state index in [0.717, 1.165) is 19.3 Å². The fraction of sp³-hybridized carbons (Fsp3) is 0.429. The lowest BCUT2D eigenvalue weighted by atomic mass is 9.31. The number of rotatable bonds is 5. The molecule has 1 unspecified atom stereocenters. The van der Waals surface area contributed by atoms with E-state index in [1.54, 1.807) is 30.6 Å². The molecule has 1 heterocycles. The van der Waals surface area contributed by atoms with E-state index in [1.165, 1.54) is 18.4 Å². The minimum atomic E-state index is -0.176. The number of hydrogen-bond acceptors (Lipinski definition) is 2. The summed E-state index contributed by atoms with van der Waals surface area (Å²) in [6, 6.07) is 10.9. The molecule has 1 aromatic heterocycles. The Morgan fingerprint density at radius 1 is 1.16 bits per heavy atom. The molecular formula is C21H21FN2O. The number of carbonyl (C=O) groups excluding carboxylic acids is 1. The van der Waals surface area contributed by atoms with Gasteiger partial charge in [-0.25, -0.2) is 4.39 Å². The normalized spacial score (nSPS) is 30.8. The molecule has 1 N–H and O–H groups in total. The lowest BCUT2D eigenvalue weighted by Crippen LogP contribution is -2.72. The zero-order chi connectivity index (χ0) is 17.1. The van der Waals surface area contributed by atoms with Crippen LogP contribution in [0.5, 0.6) is 0 Å². The summed E-state index contributed by atoms with van der Waals surface area (Å²) in [6.45, 7) is 0. The third-order valence-corrected chi connectivity index (χ3v) is 6.49. The molecule has 0 aliphatic heterocycles. The van der Waals surface area contributed by atoms with Crippen LogP contribution in [0.2, 0.25) is 0 Å². The maximum absolute atomic E-state index is 13.2. The van der Waals surface area contributed by atoms with Crippen molar-refractivity contribution in [1.29, 1.82) is 0 Å². The SMILES string of the molecule is O=C(NC(C1CC1)C12CC(c3ccc(F)cc3)(C1)C2)c1cccnc1. The predicted molar refractivity (Wildman–Crippen MR) is 92.6 cm³/mol. The molecule has 3 nitrogen and oxygen atoms in total. The molecule has 4 aliphatic rings. The van der Waals surface area contributed by atoms with Crippen LogP contribution in [-0.2, 0) is 5.41 Å². The highest BCUT2D eigenvalue weighted by atomic mass is 19.1. The molecule has 128 valence electrons. The first kappa shape index (κ1) is 15.1. The minimum absolute atomic E-state index is 0.00874. The van der Waals surface area contributed by atoms with Crippen LogP contribution in [0.1, 0.15) is 48.0 Å². The Kier molecular flexibility index (Phi) is 3.09. The van der Waals surface area contributed by atoms with Gasteiger partial charge in [-0.05, 0) is 78.7 Å². The molecule has 4 heteroatoms. The van der Waals surface area contributed by atoms with Gasteiger partial charge in [0.15, 0.2) is 0 Å². The van der Waals surface area contributed by atoms with Gasteiger partial charge in [-0.15, -0.1) is 0 Å². The van der Waals surface area contributed by atoms with Gasteiger partial charge in [0.25, 0.3) is 5.91 Å². The molecule has 4 fully saturated rings. The van der Waals surface area contributed by atoms with E-state index in [9.17, 15) is 9.18 Å². The van der Waals surface area contributed by atoms with Gasteiger partial charge in [0, 0.05) is 18.4 Å². The molecule has 2 aromatic rings. The van der Waals surface area contributed by atoms with Gasteiger partial charge in [-0.1, -0.05) is 12.1 Å². The topological polar surface area (TPSA) is 42.0 Å². The maximum atomic E-state index is 13.2. The Morgan fingerprint density at radius 3 is 2.48 bits per heavy atom. The summed E-state index contributed by atoms with van der Waals surface area (Å²) in [5.74, 6) is 0.433. The Balaban J connectivity index is 1.31. The summed E-state index contributed by atoms with van der Waals surface area (Å²) in [5.41, 5.74) is 2.35. The first-order valence-corrected chi connectivity index (χ1v) is 9.07. The summed E-state index contributed by atoms with van der Waals surface area (Å²) >= 11 is 0. The fourth-order valence-corrected chi connectivity index (χ4v) is 5.23. The average molecular weight is 336 g/mol. The van der Waals surface area contributed by atoms with Crippen LogP contribution >= 0.6 is 0 Å². The summed E-state index contributed by atoms with van der Waals surface area (Å²) in [7, 11) is 0. The molecule has 0 spiro atoms. The van der Waals surface area contributed by atoms with Crippen LogP contribution in [-0.4, -0.2) is 16.9 Å². The van der Waals surface area contributed by atoms with Crippen molar-refractivity contribution in [3.05, 3.63) is 65.7 Å². The van der Waals surface area contributed by atoms with Gasteiger partial charge >= 0.3 is 0 Å². The number of halogens is 1. The Hall–Kier alpha value is -2.23. The van der Waals surface area contributed by atoms with Crippen LogP contribution in [0.25, 0.3) is 0 Å². The van der Waals surface area contributed by atoms with Gasteiger partial charge in [0.2, 0.25) is 0 Å². The van der Waals surface area contributed by atoms with Gasteiger partial charge < -0.3 is 5.32 Å². The summed E-state index contributed by atoms with van der Waals surface area (Å²) in [6.07, 6.45) is 9.07. The lowest BCUT2D eigenvalue weighted by molar-refractivity contribution is -0.166. The van der Waals surface area contributed by atoms with E-state index in [-0.39, 0.29) is 28.6 Å². The van der Waals surface area contributed by atoms with E-state index in [2.05, 4.69) is 10.3 Å². The molecule has 6 rings (SSSR count). The number of amides is 1. The highest BCUT2D eigenvalue weighted by Gasteiger charge is 2.72. The maximum Gasteiger partial charge on any atom is 0.253 e. The van der Waals surface area contributed by atoms with Crippen molar-refractivity contribution >= 4 is 5.91 Å². The molecular weight excluding hydrogens is 315 g/mol. The van der Waals surface area contributed by atoms with Gasteiger partial charge in [0.1, 0.15) is 5.82 Å². The number of carbonyl (C=O) groups is 1. The molecule has 4 saturated carbocycles. The molecule has 2 bridgehead atoms. The third kappa shape index (κ3) is 2.30. The highest BCUT2D eigenvalue weighted by Crippen LogP contribution is 2.76. The largest absolute Gasteiger partial charge is 0.348 e. The molecule has 0 radical (unpaired) electrons. The predicted octanol–water partition coefficient (Wildman–Crippen LogP) is 3.85. The van der Waals surface area contributed by atoms with E-state index in [1.807, 2.05) is 18.2 Å². The first-order chi connectivity index (χ1) is 12.1. The zero-order valence-electron chi connectivity index (χ0n) is 14.0. The van der Waals surface area contributed by atoms with E-state index in [4.69, 9.17) is 0 Å². The molecule has 0 saturated heterocycles. The van der Waals surface area contributed by atoms with Crippen LogP contribution < -0.4 is 5.32 Å². The summed E-state index contributed by atoms with van der Waals surface area (Å²) < 4.78 is 13.2. The molecule has 4 aliphatic carbocycles. The quantitative estimate of drug-likeness (QED) is 0.901. The van der Waals surface area contributed by atoms with E-state index < -0.39 is 0 Å². The highest BCUT2D eigenvalue weighted by molar-refractivity contribution is 5.94. The zero-order valence-corrected chi connectivity index (χ0v) is 14.0. The van der Waals surface area contributed by atoms with Crippen molar-refractivity contribution in [3.63, 3.8) is 0 Å². The molecule has 1 amide bonds. The lowest BCUT2D eigenvalue weighted by Gasteiger charge is -2.74. The van der Waals surface area contributed by atoms with Crippen LogP contribution in [0.4, 0.5) is 4.39 Å². The Labute approximate surface area is 146 Å². The molecule has 25 heavy (non-hydrogen) atoms. The smallest absolute Gasteiger partial charge is 0.253 e. The third-order valence-electron chi connectivity index (χ3n) is 6.49. The van der Waals surface area contributed by atoms with Crippen molar-refractivity contribution in [2.75, 3.05) is 0 Å². The second-order valence-corrected chi connectivity index (χ2v) is 8.21. The van der Waals surface area contributed by atoms with Crippen molar-refractivity contribution in [1.82, 2.24) is 10.3 Å². The van der Waals surface area contributed by atoms with Crippen molar-refractivity contribution in [2.24, 2.45) is 11.3 Å². The number of nitrogens with zero attached hydrogens (tertiary/aromatic N) is 1. The number of aromatic nitrogens is 1. The monoisotopic (exact) mass is 336 g/mol. The Morgan fingerprint density at radius 2 is 1.88 bits per heavy atom. The standard InChI is InChI=1S/C21H21FN2O/c22-17-7-5-16(6-8-17)20-11-21(12-20,13-20)18(14-3-4-14)24-19(25)15-2-1-9-23-10-15/h1-2,5-10,14,18H,3-4,11-13H2,(H,24,25). The number of benzene rings is 1. The Bertz CT molecular complexity index is 794. The van der Waals surface area contributed by atoms with Gasteiger partial charge in [-0.2, -0.15) is 0 Å². The van der Waals surface area contributed by atoms with Crippen molar-refractivity contribution in [3.8, 4) is 0 Å². The average Bonchev–Trinajstić information content (AvgIpc) is 3.38. The summed E-state index contributed by atoms with van der Waals surface area (Å²) in [5, 5.41) is 3.31.